The van der Waals surface area contributed by atoms with Crippen LogP contribution in [0.5, 0.6) is 11.5 Å². The minimum absolute atomic E-state index is 0.0541. The van der Waals surface area contributed by atoms with Crippen molar-refractivity contribution < 1.29 is 9.47 Å². The summed E-state index contributed by atoms with van der Waals surface area (Å²) < 4.78 is 12.9. The second kappa shape index (κ2) is 9.57. The van der Waals surface area contributed by atoms with Gasteiger partial charge in [0.1, 0.15) is 11.5 Å². The lowest BCUT2D eigenvalue weighted by Gasteiger charge is -2.29. The van der Waals surface area contributed by atoms with Gasteiger partial charge >= 0.3 is 0 Å². The van der Waals surface area contributed by atoms with Gasteiger partial charge in [-0.2, -0.15) is 0 Å². The molecule has 2 aromatic carbocycles. The Hall–Kier alpha value is -3.84. The van der Waals surface area contributed by atoms with Crippen LogP contribution in [-0.4, -0.2) is 33.8 Å². The van der Waals surface area contributed by atoms with Gasteiger partial charge in [0.05, 0.1) is 32.0 Å². The second-order valence-corrected chi connectivity index (χ2v) is 8.49. The summed E-state index contributed by atoms with van der Waals surface area (Å²) >= 11 is 5.85. The van der Waals surface area contributed by atoms with Gasteiger partial charge < -0.3 is 24.3 Å². The first kappa shape index (κ1) is 22.0. The average Bonchev–Trinajstić information content (AvgIpc) is 3.49. The molecule has 1 aliphatic rings. The zero-order valence-corrected chi connectivity index (χ0v) is 19.9. The standard InChI is InChI=1S/C27H26N4O2S/c1-32-21-12-8-19(9-13-21)18-31-26(25(29-27(31)34)23-6-3-4-16-28-23)24-7-5-17-30(24)20-10-14-22(33-2)15-11-20/h3-17,25-26H,18H2,1-2H3,(H,29,34). The summed E-state index contributed by atoms with van der Waals surface area (Å²) in [5.74, 6) is 1.66. The van der Waals surface area contributed by atoms with E-state index >= 15 is 0 Å². The Balaban J connectivity index is 1.56. The number of benzene rings is 2. The van der Waals surface area contributed by atoms with Crippen molar-refractivity contribution in [3.8, 4) is 17.2 Å². The van der Waals surface area contributed by atoms with Gasteiger partial charge in [-0.25, -0.2) is 0 Å². The molecule has 7 heteroatoms. The number of ether oxygens (including phenoxy) is 2. The highest BCUT2D eigenvalue weighted by atomic mass is 32.1. The molecule has 0 aliphatic carbocycles. The first-order chi connectivity index (χ1) is 16.7. The minimum atomic E-state index is -0.0844. The van der Waals surface area contributed by atoms with Crippen LogP contribution in [0.25, 0.3) is 5.69 Å². The molecule has 2 atom stereocenters. The number of methoxy groups -OCH3 is 2. The van der Waals surface area contributed by atoms with E-state index in [1.807, 2.05) is 48.7 Å². The number of nitrogens with zero attached hydrogens (tertiary/aromatic N) is 3. The lowest BCUT2D eigenvalue weighted by Crippen LogP contribution is -2.30. The molecule has 0 saturated carbocycles. The second-order valence-electron chi connectivity index (χ2n) is 8.10. The number of thiocarbonyl (C=S) groups is 1. The van der Waals surface area contributed by atoms with Crippen molar-refractivity contribution in [2.45, 2.75) is 18.6 Å². The maximum Gasteiger partial charge on any atom is 0.170 e. The highest BCUT2D eigenvalue weighted by Crippen LogP contribution is 2.40. The molecule has 5 rings (SSSR count). The van der Waals surface area contributed by atoms with E-state index in [2.05, 4.69) is 62.4 Å². The third kappa shape index (κ3) is 4.22. The maximum absolute atomic E-state index is 5.85. The summed E-state index contributed by atoms with van der Waals surface area (Å²) in [6.07, 6.45) is 3.91. The van der Waals surface area contributed by atoms with Gasteiger partial charge in [-0.3, -0.25) is 4.98 Å². The van der Waals surface area contributed by atoms with Crippen molar-refractivity contribution in [2.75, 3.05) is 14.2 Å². The smallest absolute Gasteiger partial charge is 0.170 e. The molecule has 6 nitrogen and oxygen atoms in total. The number of nitrogens with one attached hydrogen (secondary N) is 1. The lowest BCUT2D eigenvalue weighted by molar-refractivity contribution is 0.302. The Morgan fingerprint density at radius 3 is 2.24 bits per heavy atom. The molecule has 0 amide bonds. The van der Waals surface area contributed by atoms with Gasteiger partial charge in [-0.05, 0) is 78.4 Å². The van der Waals surface area contributed by atoms with Crippen molar-refractivity contribution in [1.82, 2.24) is 19.8 Å². The molecular formula is C27H26N4O2S. The third-order valence-corrected chi connectivity index (χ3v) is 6.50. The van der Waals surface area contributed by atoms with E-state index in [0.29, 0.717) is 11.7 Å². The fraction of sp³-hybridized carbons (Fsp3) is 0.185. The monoisotopic (exact) mass is 470 g/mol. The van der Waals surface area contributed by atoms with Crippen LogP contribution in [0.1, 0.15) is 29.0 Å². The van der Waals surface area contributed by atoms with Crippen molar-refractivity contribution in [3.63, 3.8) is 0 Å². The van der Waals surface area contributed by atoms with E-state index in [1.165, 1.54) is 0 Å². The zero-order valence-electron chi connectivity index (χ0n) is 19.1. The van der Waals surface area contributed by atoms with E-state index in [1.54, 1.807) is 14.2 Å². The van der Waals surface area contributed by atoms with E-state index in [4.69, 9.17) is 21.7 Å². The average molecular weight is 471 g/mol. The molecule has 3 heterocycles. The summed E-state index contributed by atoms with van der Waals surface area (Å²) in [5.41, 5.74) is 4.29. The first-order valence-electron chi connectivity index (χ1n) is 11.1. The Morgan fingerprint density at radius 1 is 0.882 bits per heavy atom. The lowest BCUT2D eigenvalue weighted by atomic mass is 10.0. The van der Waals surface area contributed by atoms with Gasteiger partial charge in [0, 0.05) is 30.3 Å². The molecule has 2 unspecified atom stereocenters. The predicted octanol–water partition coefficient (Wildman–Crippen LogP) is 5.06. The van der Waals surface area contributed by atoms with Crippen LogP contribution < -0.4 is 14.8 Å². The zero-order chi connectivity index (χ0) is 23.5. The van der Waals surface area contributed by atoms with E-state index in [-0.39, 0.29) is 12.1 Å². The highest BCUT2D eigenvalue weighted by molar-refractivity contribution is 7.80. The summed E-state index contributed by atoms with van der Waals surface area (Å²) in [4.78, 5) is 6.90. The molecule has 1 aliphatic heterocycles. The molecular weight excluding hydrogens is 444 g/mol. The summed E-state index contributed by atoms with van der Waals surface area (Å²) in [7, 11) is 3.35. The number of aromatic nitrogens is 2. The Labute approximate surface area is 204 Å². The van der Waals surface area contributed by atoms with Crippen molar-refractivity contribution in [2.24, 2.45) is 0 Å². The number of pyridine rings is 1. The normalized spacial score (nSPS) is 17.5. The molecule has 1 saturated heterocycles. The van der Waals surface area contributed by atoms with Gasteiger partial charge in [0.15, 0.2) is 5.11 Å². The summed E-state index contributed by atoms with van der Waals surface area (Å²) in [6, 6.07) is 26.3. The maximum atomic E-state index is 5.85. The summed E-state index contributed by atoms with van der Waals surface area (Å²) in [5, 5.41) is 4.24. The van der Waals surface area contributed by atoms with Gasteiger partial charge in [0.25, 0.3) is 0 Å². The Bertz CT molecular complexity index is 1260. The minimum Gasteiger partial charge on any atom is -0.497 e. The molecule has 0 spiro atoms. The fourth-order valence-electron chi connectivity index (χ4n) is 4.44. The van der Waals surface area contributed by atoms with Crippen LogP contribution in [0.15, 0.2) is 91.3 Å². The van der Waals surface area contributed by atoms with Crippen LogP contribution in [0.2, 0.25) is 0 Å². The van der Waals surface area contributed by atoms with E-state index < -0.39 is 0 Å². The Morgan fingerprint density at radius 2 is 1.59 bits per heavy atom. The molecule has 2 aromatic heterocycles. The van der Waals surface area contributed by atoms with E-state index in [0.717, 1.165) is 34.1 Å². The topological polar surface area (TPSA) is 51.5 Å². The van der Waals surface area contributed by atoms with Gasteiger partial charge in [0.2, 0.25) is 0 Å². The van der Waals surface area contributed by atoms with Crippen LogP contribution >= 0.6 is 12.2 Å². The first-order valence-corrected chi connectivity index (χ1v) is 11.5. The quantitative estimate of drug-likeness (QED) is 0.381. The SMILES string of the molecule is COc1ccc(CN2C(=S)NC(c3ccccn3)C2c2cccn2-c2ccc(OC)cc2)cc1. The molecule has 0 bridgehead atoms. The molecule has 172 valence electrons. The van der Waals surface area contributed by atoms with Crippen molar-refractivity contribution in [1.29, 1.82) is 0 Å². The molecule has 1 N–H and O–H groups in total. The van der Waals surface area contributed by atoms with E-state index in [9.17, 15) is 0 Å². The highest BCUT2D eigenvalue weighted by Gasteiger charge is 2.41. The largest absolute Gasteiger partial charge is 0.497 e. The van der Waals surface area contributed by atoms with Crippen LogP contribution in [0.4, 0.5) is 0 Å². The van der Waals surface area contributed by atoms with Crippen LogP contribution in [0, 0.1) is 0 Å². The van der Waals surface area contributed by atoms with Crippen LogP contribution in [-0.2, 0) is 6.54 Å². The molecule has 1 fully saturated rings. The van der Waals surface area contributed by atoms with Gasteiger partial charge in [-0.15, -0.1) is 0 Å². The van der Waals surface area contributed by atoms with Gasteiger partial charge in [-0.1, -0.05) is 18.2 Å². The number of hydrogen-bond donors (Lipinski definition) is 1. The van der Waals surface area contributed by atoms with Crippen molar-refractivity contribution >= 4 is 17.3 Å². The molecule has 0 radical (unpaired) electrons. The number of rotatable bonds is 7. The Kier molecular flexibility index (Phi) is 6.18. The third-order valence-electron chi connectivity index (χ3n) is 6.14. The predicted molar refractivity (Wildman–Crippen MR) is 136 cm³/mol. The molecule has 4 aromatic rings. The number of hydrogen-bond acceptors (Lipinski definition) is 4. The van der Waals surface area contributed by atoms with Crippen molar-refractivity contribution in [3.05, 3.63) is 108 Å². The van der Waals surface area contributed by atoms with Crippen LogP contribution in [0.3, 0.4) is 0 Å². The molecule has 34 heavy (non-hydrogen) atoms. The fourth-order valence-corrected chi connectivity index (χ4v) is 4.74. The summed E-state index contributed by atoms with van der Waals surface area (Å²) in [6.45, 7) is 0.664.